The van der Waals surface area contributed by atoms with E-state index in [1.165, 1.54) is 0 Å². The molecule has 3 N–H and O–H groups in total. The molecule has 1 aromatic rings. The first-order chi connectivity index (χ1) is 7.26. The Kier molecular flexibility index (Phi) is 4.83. The molecule has 5 heteroatoms. The molecule has 1 heterocycles. The lowest BCUT2D eigenvalue weighted by molar-refractivity contribution is 0.397. The number of nitrogens with one attached hydrogen (secondary N) is 1. The fourth-order valence-corrected chi connectivity index (χ4v) is 1.19. The van der Waals surface area contributed by atoms with Gasteiger partial charge in [0.2, 0.25) is 11.8 Å². The number of ether oxygens (including phenoxy) is 1. The molecule has 0 saturated heterocycles. The van der Waals surface area contributed by atoms with Crippen LogP contribution in [0.1, 0.15) is 13.3 Å². The average Bonchev–Trinajstić information content (AvgIpc) is 2.27. The summed E-state index contributed by atoms with van der Waals surface area (Å²) in [6, 6.07) is 1.72. The molecule has 0 aromatic carbocycles. The molecule has 0 aliphatic carbocycles. The van der Waals surface area contributed by atoms with Crippen molar-refractivity contribution in [2.24, 2.45) is 11.7 Å². The molecular formula is C10H18N4O. The van der Waals surface area contributed by atoms with Crippen molar-refractivity contribution in [1.29, 1.82) is 0 Å². The van der Waals surface area contributed by atoms with Crippen LogP contribution in [0.4, 0.5) is 5.95 Å². The number of nitrogens with zero attached hydrogens (tertiary/aromatic N) is 2. The smallest absolute Gasteiger partial charge is 0.225 e. The molecule has 1 unspecified atom stereocenters. The van der Waals surface area contributed by atoms with Crippen LogP contribution in [0.3, 0.4) is 0 Å². The van der Waals surface area contributed by atoms with Crippen molar-refractivity contribution in [2.45, 2.75) is 13.3 Å². The molecule has 0 fully saturated rings. The Morgan fingerprint density at radius 2 is 2.40 bits per heavy atom. The Balaban J connectivity index is 2.43. The molecule has 0 saturated carbocycles. The van der Waals surface area contributed by atoms with Gasteiger partial charge in [0.15, 0.2) is 0 Å². The second kappa shape index (κ2) is 6.19. The van der Waals surface area contributed by atoms with Gasteiger partial charge < -0.3 is 15.8 Å². The number of methoxy groups -OCH3 is 1. The predicted octanol–water partition coefficient (Wildman–Crippen LogP) is 0.882. The third-order valence-electron chi connectivity index (χ3n) is 2.11. The molecular weight excluding hydrogens is 192 g/mol. The Labute approximate surface area is 90.1 Å². The first kappa shape index (κ1) is 11.7. The first-order valence-electron chi connectivity index (χ1n) is 5.07. The summed E-state index contributed by atoms with van der Waals surface area (Å²) in [6.45, 7) is 3.67. The van der Waals surface area contributed by atoms with Crippen LogP contribution in [0.15, 0.2) is 12.3 Å². The lowest BCUT2D eigenvalue weighted by Crippen LogP contribution is -2.16. The van der Waals surface area contributed by atoms with E-state index in [2.05, 4.69) is 22.2 Å². The van der Waals surface area contributed by atoms with Gasteiger partial charge in [0.25, 0.3) is 0 Å². The number of hydrogen-bond acceptors (Lipinski definition) is 5. The molecule has 0 spiro atoms. The molecule has 1 aromatic heterocycles. The maximum Gasteiger partial charge on any atom is 0.225 e. The van der Waals surface area contributed by atoms with Gasteiger partial charge in [0.05, 0.1) is 7.11 Å². The van der Waals surface area contributed by atoms with E-state index >= 15 is 0 Å². The van der Waals surface area contributed by atoms with Gasteiger partial charge in [0, 0.05) is 18.8 Å². The molecule has 0 aliphatic rings. The summed E-state index contributed by atoms with van der Waals surface area (Å²) in [5.74, 6) is 1.68. The van der Waals surface area contributed by atoms with E-state index in [4.69, 9.17) is 10.5 Å². The van der Waals surface area contributed by atoms with E-state index in [-0.39, 0.29) is 0 Å². The van der Waals surface area contributed by atoms with Gasteiger partial charge >= 0.3 is 0 Å². The van der Waals surface area contributed by atoms with Crippen molar-refractivity contribution >= 4 is 5.95 Å². The summed E-state index contributed by atoms with van der Waals surface area (Å²) in [7, 11) is 1.59. The van der Waals surface area contributed by atoms with Crippen LogP contribution in [0.5, 0.6) is 5.88 Å². The SMILES string of the molecule is COc1ccnc(NCC(C)CCN)n1. The highest BCUT2D eigenvalue weighted by Crippen LogP contribution is 2.08. The Hall–Kier alpha value is -1.36. The van der Waals surface area contributed by atoms with E-state index in [9.17, 15) is 0 Å². The van der Waals surface area contributed by atoms with Crippen LogP contribution in [0, 0.1) is 5.92 Å². The Bertz CT molecular complexity index is 293. The maximum atomic E-state index is 5.47. The van der Waals surface area contributed by atoms with E-state index in [0.717, 1.165) is 13.0 Å². The molecule has 0 bridgehead atoms. The maximum absolute atomic E-state index is 5.47. The van der Waals surface area contributed by atoms with Gasteiger partial charge in [-0.2, -0.15) is 4.98 Å². The van der Waals surface area contributed by atoms with Crippen molar-refractivity contribution in [3.63, 3.8) is 0 Å². The number of hydrogen-bond donors (Lipinski definition) is 2. The van der Waals surface area contributed by atoms with Crippen molar-refractivity contribution in [1.82, 2.24) is 9.97 Å². The van der Waals surface area contributed by atoms with Crippen LogP contribution in [-0.2, 0) is 0 Å². The summed E-state index contributed by atoms with van der Waals surface area (Å²) in [6.07, 6.45) is 2.67. The molecule has 0 aliphatic heterocycles. The van der Waals surface area contributed by atoms with Gasteiger partial charge in [-0.15, -0.1) is 0 Å². The van der Waals surface area contributed by atoms with E-state index < -0.39 is 0 Å². The number of rotatable bonds is 6. The summed E-state index contributed by atoms with van der Waals surface area (Å²) < 4.78 is 5.00. The minimum absolute atomic E-state index is 0.518. The second-order valence-electron chi connectivity index (χ2n) is 3.49. The fourth-order valence-electron chi connectivity index (χ4n) is 1.19. The van der Waals surface area contributed by atoms with Gasteiger partial charge in [0.1, 0.15) is 0 Å². The third kappa shape index (κ3) is 4.12. The highest BCUT2D eigenvalue weighted by Gasteiger charge is 2.02. The quantitative estimate of drug-likeness (QED) is 0.729. The van der Waals surface area contributed by atoms with Gasteiger partial charge in [-0.3, -0.25) is 0 Å². The number of anilines is 1. The van der Waals surface area contributed by atoms with Crippen molar-refractivity contribution in [3.8, 4) is 5.88 Å². The molecule has 1 rings (SSSR count). The topological polar surface area (TPSA) is 73.1 Å². The molecule has 0 amide bonds. The van der Waals surface area contributed by atoms with Crippen molar-refractivity contribution < 1.29 is 4.74 Å². The van der Waals surface area contributed by atoms with Crippen LogP contribution in [0.25, 0.3) is 0 Å². The lowest BCUT2D eigenvalue weighted by Gasteiger charge is -2.11. The van der Waals surface area contributed by atoms with Crippen molar-refractivity contribution in [2.75, 3.05) is 25.5 Å². The number of aromatic nitrogens is 2. The Morgan fingerprint density at radius 3 is 3.07 bits per heavy atom. The zero-order valence-electron chi connectivity index (χ0n) is 9.23. The summed E-state index contributed by atoms with van der Waals surface area (Å²) in [5, 5.41) is 3.15. The van der Waals surface area contributed by atoms with Gasteiger partial charge in [-0.25, -0.2) is 4.98 Å². The molecule has 84 valence electrons. The normalized spacial score (nSPS) is 12.2. The largest absolute Gasteiger partial charge is 0.481 e. The summed E-state index contributed by atoms with van der Waals surface area (Å²) >= 11 is 0. The van der Waals surface area contributed by atoms with E-state index in [0.29, 0.717) is 24.3 Å². The second-order valence-corrected chi connectivity index (χ2v) is 3.49. The Morgan fingerprint density at radius 1 is 1.60 bits per heavy atom. The predicted molar refractivity (Wildman–Crippen MR) is 59.9 cm³/mol. The molecule has 1 atom stereocenters. The minimum atomic E-state index is 0.518. The third-order valence-corrected chi connectivity index (χ3v) is 2.11. The highest BCUT2D eigenvalue weighted by atomic mass is 16.5. The first-order valence-corrected chi connectivity index (χ1v) is 5.07. The average molecular weight is 210 g/mol. The van der Waals surface area contributed by atoms with Crippen LogP contribution in [-0.4, -0.2) is 30.2 Å². The van der Waals surface area contributed by atoms with Crippen LogP contribution in [0.2, 0.25) is 0 Å². The molecule has 5 nitrogen and oxygen atoms in total. The van der Waals surface area contributed by atoms with Gasteiger partial charge in [-0.1, -0.05) is 6.92 Å². The molecule has 0 radical (unpaired) electrons. The summed E-state index contributed by atoms with van der Waals surface area (Å²) in [5.41, 5.74) is 5.47. The zero-order valence-corrected chi connectivity index (χ0v) is 9.23. The number of nitrogens with two attached hydrogens (primary N) is 1. The standard InChI is InChI=1S/C10H18N4O/c1-8(3-5-11)7-13-10-12-6-4-9(14-10)15-2/h4,6,8H,3,5,7,11H2,1-2H3,(H,12,13,14). The van der Waals surface area contributed by atoms with Crippen molar-refractivity contribution in [3.05, 3.63) is 12.3 Å². The molecule has 15 heavy (non-hydrogen) atoms. The lowest BCUT2D eigenvalue weighted by atomic mass is 10.1. The summed E-state index contributed by atoms with van der Waals surface area (Å²) in [4.78, 5) is 8.23. The van der Waals surface area contributed by atoms with Crippen LogP contribution >= 0.6 is 0 Å². The monoisotopic (exact) mass is 210 g/mol. The fraction of sp³-hybridized carbons (Fsp3) is 0.600. The zero-order chi connectivity index (χ0) is 11.1. The van der Waals surface area contributed by atoms with E-state index in [1.54, 1.807) is 19.4 Å². The van der Waals surface area contributed by atoms with Crippen LogP contribution < -0.4 is 15.8 Å². The van der Waals surface area contributed by atoms with Gasteiger partial charge in [-0.05, 0) is 18.9 Å². The highest BCUT2D eigenvalue weighted by molar-refractivity contribution is 5.27. The van der Waals surface area contributed by atoms with E-state index in [1.807, 2.05) is 0 Å². The minimum Gasteiger partial charge on any atom is -0.481 e.